The van der Waals surface area contributed by atoms with E-state index in [1.807, 2.05) is 0 Å². The summed E-state index contributed by atoms with van der Waals surface area (Å²) in [6.45, 7) is -0.195. The van der Waals surface area contributed by atoms with Crippen molar-refractivity contribution in [2.24, 2.45) is 5.84 Å². The Kier molecular flexibility index (Phi) is 4.23. The number of nitro groups is 3. The van der Waals surface area contributed by atoms with Crippen LogP contribution in [-0.4, -0.2) is 21.4 Å². The molecule has 4 N–H and O–H groups in total. The van der Waals surface area contributed by atoms with Gasteiger partial charge < -0.3 is 5.32 Å². The van der Waals surface area contributed by atoms with E-state index in [1.54, 1.807) is 0 Å². The summed E-state index contributed by atoms with van der Waals surface area (Å²) in [5.41, 5.74) is -0.672. The molecule has 0 amide bonds. The lowest BCUT2D eigenvalue weighted by Gasteiger charge is -2.06. The van der Waals surface area contributed by atoms with Crippen LogP contribution in [-0.2, 0) is 0 Å². The standard InChI is InChI=1S/C7H8N6O6/c8-10-3-9-7-5(12(16)17)1-4(11(14)15)2-6(7)13(18)19/h1-2,9-10H,3,8H2. The highest BCUT2D eigenvalue weighted by molar-refractivity contribution is 5.77. The summed E-state index contributed by atoms with van der Waals surface area (Å²) in [6.07, 6.45) is 0. The number of nitro benzene ring substituents is 3. The molecule has 0 aliphatic carbocycles. The molecule has 0 aliphatic heterocycles. The quantitative estimate of drug-likeness (QED) is 0.283. The number of hydrogen-bond donors (Lipinski definition) is 3. The molecule has 0 bridgehead atoms. The second-order valence-electron chi connectivity index (χ2n) is 3.19. The topological polar surface area (TPSA) is 180 Å². The Morgan fingerprint density at radius 1 is 1.00 bits per heavy atom. The van der Waals surface area contributed by atoms with Crippen LogP contribution in [0.1, 0.15) is 0 Å². The zero-order valence-corrected chi connectivity index (χ0v) is 9.23. The Morgan fingerprint density at radius 3 is 1.79 bits per heavy atom. The van der Waals surface area contributed by atoms with E-state index in [2.05, 4.69) is 10.7 Å². The van der Waals surface area contributed by atoms with Crippen molar-refractivity contribution in [1.82, 2.24) is 5.43 Å². The van der Waals surface area contributed by atoms with Gasteiger partial charge in [-0.05, 0) is 0 Å². The first-order chi connectivity index (χ1) is 8.88. The summed E-state index contributed by atoms with van der Waals surface area (Å²) in [6, 6.07) is 1.26. The van der Waals surface area contributed by atoms with Crippen LogP contribution in [0.25, 0.3) is 0 Å². The molecule has 0 unspecified atom stereocenters. The fraction of sp³-hybridized carbons (Fsp3) is 0.143. The van der Waals surface area contributed by atoms with E-state index >= 15 is 0 Å². The molecule has 1 rings (SSSR count). The highest BCUT2D eigenvalue weighted by Crippen LogP contribution is 2.37. The molecule has 0 atom stereocenters. The molecular formula is C7H8N6O6. The second-order valence-corrected chi connectivity index (χ2v) is 3.19. The third kappa shape index (κ3) is 3.08. The van der Waals surface area contributed by atoms with Gasteiger partial charge in [-0.3, -0.25) is 36.2 Å². The zero-order chi connectivity index (χ0) is 14.6. The van der Waals surface area contributed by atoms with Crippen LogP contribution < -0.4 is 16.6 Å². The van der Waals surface area contributed by atoms with Crippen LogP contribution in [0.5, 0.6) is 0 Å². The lowest BCUT2D eigenvalue weighted by atomic mass is 10.2. The largest absolute Gasteiger partial charge is 0.360 e. The fourth-order valence-corrected chi connectivity index (χ4v) is 1.31. The van der Waals surface area contributed by atoms with Gasteiger partial charge in [0, 0.05) is 0 Å². The smallest absolute Gasteiger partial charge is 0.306 e. The Hall–Kier alpha value is -2.86. The van der Waals surface area contributed by atoms with Crippen LogP contribution in [0.3, 0.4) is 0 Å². The number of nitrogens with one attached hydrogen (secondary N) is 2. The molecule has 19 heavy (non-hydrogen) atoms. The van der Waals surface area contributed by atoms with Gasteiger partial charge in [0.25, 0.3) is 5.69 Å². The summed E-state index contributed by atoms with van der Waals surface area (Å²) >= 11 is 0. The summed E-state index contributed by atoms with van der Waals surface area (Å²) < 4.78 is 0. The molecule has 0 radical (unpaired) electrons. The molecule has 1 aromatic rings. The number of nitrogens with zero attached hydrogens (tertiary/aromatic N) is 3. The third-order valence-corrected chi connectivity index (χ3v) is 2.05. The number of anilines is 1. The van der Waals surface area contributed by atoms with Crippen LogP contribution in [0, 0.1) is 30.3 Å². The first kappa shape index (κ1) is 14.2. The molecule has 12 heteroatoms. The number of benzene rings is 1. The average Bonchev–Trinajstić information content (AvgIpc) is 2.34. The Morgan fingerprint density at radius 2 is 1.47 bits per heavy atom. The maximum Gasteiger partial charge on any atom is 0.306 e. The maximum absolute atomic E-state index is 10.8. The minimum absolute atomic E-state index is 0.195. The van der Waals surface area contributed by atoms with Crippen molar-refractivity contribution in [1.29, 1.82) is 0 Å². The summed E-state index contributed by atoms with van der Waals surface area (Å²) in [5.74, 6) is 4.95. The van der Waals surface area contributed by atoms with E-state index in [1.165, 1.54) is 0 Å². The predicted octanol–water partition coefficient (Wildman–Crippen LogP) is 0.244. The first-order valence-corrected chi connectivity index (χ1v) is 4.67. The average molecular weight is 272 g/mol. The van der Waals surface area contributed by atoms with Gasteiger partial charge in [-0.25, -0.2) is 5.43 Å². The van der Waals surface area contributed by atoms with Crippen molar-refractivity contribution < 1.29 is 14.8 Å². The molecule has 0 saturated heterocycles. The molecule has 0 heterocycles. The lowest BCUT2D eigenvalue weighted by Crippen LogP contribution is -2.28. The Balaban J connectivity index is 3.50. The van der Waals surface area contributed by atoms with E-state index in [9.17, 15) is 30.3 Å². The van der Waals surface area contributed by atoms with Crippen LogP contribution in [0.15, 0.2) is 12.1 Å². The second kappa shape index (κ2) is 5.65. The SMILES string of the molecule is NNCNc1c([N+](=O)[O-])cc([N+](=O)[O-])cc1[N+](=O)[O-]. The first-order valence-electron chi connectivity index (χ1n) is 4.67. The monoisotopic (exact) mass is 272 g/mol. The van der Waals surface area contributed by atoms with Gasteiger partial charge >= 0.3 is 11.4 Å². The minimum atomic E-state index is -0.959. The molecule has 0 aliphatic rings. The minimum Gasteiger partial charge on any atom is -0.360 e. The number of hydrogen-bond acceptors (Lipinski definition) is 9. The van der Waals surface area contributed by atoms with Gasteiger partial charge in [0.15, 0.2) is 5.69 Å². The van der Waals surface area contributed by atoms with Gasteiger partial charge in [-0.2, -0.15) is 0 Å². The number of rotatable bonds is 6. The summed E-state index contributed by atoms with van der Waals surface area (Å²) in [4.78, 5) is 29.3. The molecular weight excluding hydrogens is 264 g/mol. The molecule has 0 spiro atoms. The highest BCUT2D eigenvalue weighted by atomic mass is 16.6. The van der Waals surface area contributed by atoms with E-state index in [0.29, 0.717) is 12.1 Å². The Bertz CT molecular complexity index is 510. The van der Waals surface area contributed by atoms with Crippen molar-refractivity contribution in [3.8, 4) is 0 Å². The van der Waals surface area contributed by atoms with Crippen molar-refractivity contribution in [2.75, 3.05) is 12.0 Å². The van der Waals surface area contributed by atoms with E-state index < -0.39 is 37.5 Å². The zero-order valence-electron chi connectivity index (χ0n) is 9.23. The molecule has 12 nitrogen and oxygen atoms in total. The van der Waals surface area contributed by atoms with Crippen molar-refractivity contribution in [3.63, 3.8) is 0 Å². The fourth-order valence-electron chi connectivity index (χ4n) is 1.31. The number of hydrazine groups is 1. The van der Waals surface area contributed by atoms with E-state index in [-0.39, 0.29) is 6.67 Å². The van der Waals surface area contributed by atoms with E-state index in [4.69, 9.17) is 5.84 Å². The van der Waals surface area contributed by atoms with Gasteiger partial charge in [0.05, 0.1) is 33.6 Å². The van der Waals surface area contributed by atoms with Gasteiger partial charge in [0.1, 0.15) is 0 Å². The number of non-ortho nitro benzene ring substituents is 1. The summed E-state index contributed by atoms with van der Waals surface area (Å²) in [5, 5.41) is 34.5. The number of nitrogens with two attached hydrogens (primary N) is 1. The third-order valence-electron chi connectivity index (χ3n) is 2.05. The van der Waals surface area contributed by atoms with Gasteiger partial charge in [-0.1, -0.05) is 0 Å². The highest BCUT2D eigenvalue weighted by Gasteiger charge is 2.30. The molecule has 0 saturated carbocycles. The molecule has 0 fully saturated rings. The van der Waals surface area contributed by atoms with Gasteiger partial charge in [-0.15, -0.1) is 0 Å². The van der Waals surface area contributed by atoms with Crippen molar-refractivity contribution in [2.45, 2.75) is 0 Å². The van der Waals surface area contributed by atoms with Crippen LogP contribution in [0.4, 0.5) is 22.7 Å². The van der Waals surface area contributed by atoms with Gasteiger partial charge in [0.2, 0.25) is 0 Å². The summed E-state index contributed by atoms with van der Waals surface area (Å²) in [7, 11) is 0. The van der Waals surface area contributed by atoms with Crippen LogP contribution in [0.2, 0.25) is 0 Å². The lowest BCUT2D eigenvalue weighted by molar-refractivity contribution is -0.401. The molecule has 1 aromatic carbocycles. The maximum atomic E-state index is 10.8. The molecule has 0 aromatic heterocycles. The molecule has 102 valence electrons. The van der Waals surface area contributed by atoms with Crippen molar-refractivity contribution >= 4 is 22.7 Å². The predicted molar refractivity (Wildman–Crippen MR) is 62.2 cm³/mol. The normalized spacial score (nSPS) is 9.95. The van der Waals surface area contributed by atoms with E-state index in [0.717, 1.165) is 0 Å². The van der Waals surface area contributed by atoms with Crippen molar-refractivity contribution in [3.05, 3.63) is 42.5 Å². The van der Waals surface area contributed by atoms with Crippen LogP contribution >= 0.6 is 0 Å². The Labute approximate surface area is 104 Å².